The number of esters is 3. The van der Waals surface area contributed by atoms with E-state index in [1.807, 2.05) is 0 Å². The summed E-state index contributed by atoms with van der Waals surface area (Å²) in [6.45, 7) is 6.56. The van der Waals surface area contributed by atoms with Gasteiger partial charge in [-0.1, -0.05) is 223 Å². The first kappa shape index (κ1) is 60.1. The predicted octanol–water partition coefficient (Wildman–Crippen LogP) is 17.6. The molecule has 1 atom stereocenters. The van der Waals surface area contributed by atoms with Gasteiger partial charge in [-0.25, -0.2) is 0 Å². The fourth-order valence-corrected chi connectivity index (χ4v) is 7.43. The van der Waals surface area contributed by atoms with Gasteiger partial charge in [0, 0.05) is 19.3 Å². The van der Waals surface area contributed by atoms with E-state index in [4.69, 9.17) is 14.2 Å². The maximum Gasteiger partial charge on any atom is 0.306 e. The second-order valence-corrected chi connectivity index (χ2v) is 17.8. The molecule has 0 aromatic rings. The summed E-state index contributed by atoms with van der Waals surface area (Å²) >= 11 is 0. The van der Waals surface area contributed by atoms with E-state index in [2.05, 4.69) is 81.5 Å². The van der Waals surface area contributed by atoms with Crippen molar-refractivity contribution in [3.05, 3.63) is 60.8 Å². The van der Waals surface area contributed by atoms with Crippen LogP contribution < -0.4 is 0 Å². The molecule has 0 saturated heterocycles. The molecule has 0 bridgehead atoms. The van der Waals surface area contributed by atoms with Crippen molar-refractivity contribution in [2.24, 2.45) is 0 Å². The first-order chi connectivity index (χ1) is 31.0. The molecule has 0 aromatic carbocycles. The van der Waals surface area contributed by atoms with Crippen LogP contribution in [-0.2, 0) is 28.6 Å². The average Bonchev–Trinajstić information content (AvgIpc) is 3.28. The minimum absolute atomic E-state index is 0.0935. The van der Waals surface area contributed by atoms with E-state index in [1.54, 1.807) is 0 Å². The Labute approximate surface area is 390 Å². The molecule has 63 heavy (non-hydrogen) atoms. The number of carbonyl (C=O) groups is 3. The summed E-state index contributed by atoms with van der Waals surface area (Å²) in [6.07, 6.45) is 63.5. The molecule has 0 aliphatic heterocycles. The molecular weight excluding hydrogens is 781 g/mol. The van der Waals surface area contributed by atoms with Crippen LogP contribution in [0.1, 0.15) is 265 Å². The Morgan fingerprint density at radius 3 is 1.02 bits per heavy atom. The monoisotopic (exact) mass is 881 g/mol. The lowest BCUT2D eigenvalue weighted by Crippen LogP contribution is -2.30. The fourth-order valence-electron chi connectivity index (χ4n) is 7.43. The lowest BCUT2D eigenvalue weighted by molar-refractivity contribution is -0.167. The quantitative estimate of drug-likeness (QED) is 0.0262. The highest BCUT2D eigenvalue weighted by molar-refractivity contribution is 5.71. The van der Waals surface area contributed by atoms with Crippen molar-refractivity contribution in [3.8, 4) is 0 Å². The first-order valence-electron chi connectivity index (χ1n) is 26.8. The van der Waals surface area contributed by atoms with Crippen molar-refractivity contribution in [2.75, 3.05) is 13.2 Å². The maximum absolute atomic E-state index is 12.8. The van der Waals surface area contributed by atoms with Gasteiger partial charge in [0.2, 0.25) is 0 Å². The van der Waals surface area contributed by atoms with Gasteiger partial charge in [-0.15, -0.1) is 0 Å². The zero-order chi connectivity index (χ0) is 45.8. The molecule has 0 rings (SSSR count). The van der Waals surface area contributed by atoms with Crippen LogP contribution in [0, 0.1) is 0 Å². The standard InChI is InChI=1S/C57H100O6/c1-4-7-10-13-16-19-22-25-27-28-30-32-35-38-41-44-47-50-56(59)62-53-54(52-61-55(58)49-46-43-40-37-34-31-24-21-18-15-12-9-6-3)63-57(60)51-48-45-42-39-36-33-29-26-23-20-17-14-11-8-5-2/h16,19,21,24-25,27,30,32,38,41,54H,4-15,17-18,20,22-23,26,28-29,31,33-37,39-40,42-53H2,1-3H3/t54-/m1/s1. The molecule has 0 aromatic heterocycles. The highest BCUT2D eigenvalue weighted by atomic mass is 16.6. The zero-order valence-electron chi connectivity index (χ0n) is 41.6. The normalized spacial score (nSPS) is 12.5. The third-order valence-corrected chi connectivity index (χ3v) is 11.5. The highest BCUT2D eigenvalue weighted by Crippen LogP contribution is 2.15. The fraction of sp³-hybridized carbons (Fsp3) is 0.772. The Kier molecular flexibility index (Phi) is 49.4. The third kappa shape index (κ3) is 50.0. The lowest BCUT2D eigenvalue weighted by Gasteiger charge is -2.18. The Balaban J connectivity index is 4.46. The number of carbonyl (C=O) groups excluding carboxylic acids is 3. The maximum atomic E-state index is 12.8. The molecule has 6 nitrogen and oxygen atoms in total. The number of hydrogen-bond donors (Lipinski definition) is 0. The largest absolute Gasteiger partial charge is 0.462 e. The third-order valence-electron chi connectivity index (χ3n) is 11.5. The van der Waals surface area contributed by atoms with Gasteiger partial charge >= 0.3 is 17.9 Å². The van der Waals surface area contributed by atoms with E-state index < -0.39 is 6.10 Å². The van der Waals surface area contributed by atoms with Crippen LogP contribution in [0.15, 0.2) is 60.8 Å². The summed E-state index contributed by atoms with van der Waals surface area (Å²) < 4.78 is 16.8. The Morgan fingerprint density at radius 2 is 0.587 bits per heavy atom. The summed E-state index contributed by atoms with van der Waals surface area (Å²) in [6, 6.07) is 0. The molecule has 6 heteroatoms. The SMILES string of the molecule is CCCCCC=CCC=CCC=CCC=CCCCC(=O)OC[C@@H](COC(=O)CCCCCCCC=CCCCCCC)OC(=O)CCCCCCCCCCCCCCCCC. The summed E-state index contributed by atoms with van der Waals surface area (Å²) in [4.78, 5) is 38.0. The molecular formula is C57H100O6. The van der Waals surface area contributed by atoms with Crippen molar-refractivity contribution in [1.29, 1.82) is 0 Å². The van der Waals surface area contributed by atoms with Gasteiger partial charge in [0.1, 0.15) is 13.2 Å². The van der Waals surface area contributed by atoms with Crippen LogP contribution in [0.4, 0.5) is 0 Å². The Bertz CT molecular complexity index is 1150. The van der Waals surface area contributed by atoms with Gasteiger partial charge in [0.25, 0.3) is 0 Å². The number of ether oxygens (including phenoxy) is 3. The van der Waals surface area contributed by atoms with Crippen molar-refractivity contribution in [3.63, 3.8) is 0 Å². The van der Waals surface area contributed by atoms with Crippen molar-refractivity contribution in [2.45, 2.75) is 271 Å². The second kappa shape index (κ2) is 51.7. The van der Waals surface area contributed by atoms with E-state index in [0.29, 0.717) is 19.3 Å². The highest BCUT2D eigenvalue weighted by Gasteiger charge is 2.19. The predicted molar refractivity (Wildman–Crippen MR) is 270 cm³/mol. The van der Waals surface area contributed by atoms with Crippen molar-refractivity contribution < 1.29 is 28.6 Å². The summed E-state index contributed by atoms with van der Waals surface area (Å²) in [5, 5.41) is 0. The lowest BCUT2D eigenvalue weighted by atomic mass is 10.0. The molecule has 0 amide bonds. The summed E-state index contributed by atoms with van der Waals surface area (Å²) in [5.74, 6) is -0.952. The van der Waals surface area contributed by atoms with Gasteiger partial charge in [-0.3, -0.25) is 14.4 Å². The van der Waals surface area contributed by atoms with Crippen LogP contribution in [0.25, 0.3) is 0 Å². The molecule has 364 valence electrons. The Morgan fingerprint density at radius 1 is 0.317 bits per heavy atom. The van der Waals surface area contributed by atoms with Gasteiger partial charge in [-0.05, 0) is 83.5 Å². The molecule has 0 radical (unpaired) electrons. The van der Waals surface area contributed by atoms with Gasteiger partial charge in [0.05, 0.1) is 0 Å². The molecule has 0 aliphatic carbocycles. The number of unbranched alkanes of at least 4 members (excludes halogenated alkanes) is 27. The molecule has 0 heterocycles. The van der Waals surface area contributed by atoms with E-state index in [1.165, 1.54) is 148 Å². The van der Waals surface area contributed by atoms with E-state index in [9.17, 15) is 14.4 Å². The van der Waals surface area contributed by atoms with Gasteiger partial charge < -0.3 is 14.2 Å². The van der Waals surface area contributed by atoms with Crippen LogP contribution in [0.3, 0.4) is 0 Å². The number of allylic oxidation sites excluding steroid dienone is 10. The minimum Gasteiger partial charge on any atom is -0.462 e. The van der Waals surface area contributed by atoms with E-state index in [0.717, 1.165) is 70.6 Å². The first-order valence-corrected chi connectivity index (χ1v) is 26.8. The minimum atomic E-state index is -0.796. The van der Waals surface area contributed by atoms with Crippen molar-refractivity contribution >= 4 is 17.9 Å². The van der Waals surface area contributed by atoms with Gasteiger partial charge in [-0.2, -0.15) is 0 Å². The van der Waals surface area contributed by atoms with Crippen LogP contribution in [0.5, 0.6) is 0 Å². The van der Waals surface area contributed by atoms with E-state index >= 15 is 0 Å². The average molecular weight is 881 g/mol. The second-order valence-electron chi connectivity index (χ2n) is 17.8. The summed E-state index contributed by atoms with van der Waals surface area (Å²) in [7, 11) is 0. The molecule has 0 spiro atoms. The molecule has 0 unspecified atom stereocenters. The van der Waals surface area contributed by atoms with Crippen LogP contribution >= 0.6 is 0 Å². The molecule has 0 saturated carbocycles. The van der Waals surface area contributed by atoms with Gasteiger partial charge in [0.15, 0.2) is 6.10 Å². The van der Waals surface area contributed by atoms with E-state index in [-0.39, 0.29) is 37.5 Å². The van der Waals surface area contributed by atoms with Crippen molar-refractivity contribution in [1.82, 2.24) is 0 Å². The zero-order valence-corrected chi connectivity index (χ0v) is 41.6. The Hall–Kier alpha value is -2.89. The molecule has 0 fully saturated rings. The van der Waals surface area contributed by atoms with Crippen LogP contribution in [-0.4, -0.2) is 37.2 Å². The molecule has 0 aliphatic rings. The smallest absolute Gasteiger partial charge is 0.306 e. The molecule has 0 N–H and O–H groups in total. The number of rotatable bonds is 48. The number of hydrogen-bond acceptors (Lipinski definition) is 6. The summed E-state index contributed by atoms with van der Waals surface area (Å²) in [5.41, 5.74) is 0. The van der Waals surface area contributed by atoms with Crippen LogP contribution in [0.2, 0.25) is 0 Å². The topological polar surface area (TPSA) is 78.9 Å².